The number of nitro groups is 1. The van der Waals surface area contributed by atoms with Gasteiger partial charge in [-0.25, -0.2) is 8.42 Å². The van der Waals surface area contributed by atoms with Crippen LogP contribution in [-0.2, 0) is 9.84 Å². The average molecular weight is 401 g/mol. The van der Waals surface area contributed by atoms with Crippen LogP contribution in [0.2, 0.25) is 0 Å². The Morgan fingerprint density at radius 1 is 1.04 bits per heavy atom. The van der Waals surface area contributed by atoms with Crippen molar-refractivity contribution in [1.82, 2.24) is 0 Å². The summed E-state index contributed by atoms with van der Waals surface area (Å²) >= 11 is 0. The fourth-order valence-corrected chi connectivity index (χ4v) is 3.12. The molecule has 0 aliphatic rings. The SMILES string of the molecule is Cc1cc(=O)c(Oc2ccc([N+](=O)[O-])cc2)c(-c2ccc(S(C)(=O)=O)cc2)o1. The van der Waals surface area contributed by atoms with Crippen molar-refractivity contribution < 1.29 is 22.5 Å². The van der Waals surface area contributed by atoms with Crippen LogP contribution >= 0.6 is 0 Å². The Morgan fingerprint density at radius 2 is 1.64 bits per heavy atom. The van der Waals surface area contributed by atoms with Crippen LogP contribution in [0.1, 0.15) is 5.76 Å². The first-order valence-electron chi connectivity index (χ1n) is 8.03. The number of hydrogen-bond donors (Lipinski definition) is 0. The van der Waals surface area contributed by atoms with E-state index in [0.29, 0.717) is 11.3 Å². The van der Waals surface area contributed by atoms with E-state index in [1.807, 2.05) is 0 Å². The van der Waals surface area contributed by atoms with Crippen LogP contribution in [0.25, 0.3) is 11.3 Å². The smallest absolute Gasteiger partial charge is 0.269 e. The summed E-state index contributed by atoms with van der Waals surface area (Å²) < 4.78 is 34.5. The second-order valence-electron chi connectivity index (χ2n) is 6.03. The molecule has 0 aliphatic heterocycles. The van der Waals surface area contributed by atoms with E-state index in [-0.39, 0.29) is 27.8 Å². The van der Waals surface area contributed by atoms with Crippen molar-refractivity contribution >= 4 is 15.5 Å². The van der Waals surface area contributed by atoms with Crippen molar-refractivity contribution in [2.24, 2.45) is 0 Å². The van der Waals surface area contributed by atoms with Crippen LogP contribution in [0, 0.1) is 17.0 Å². The summed E-state index contributed by atoms with van der Waals surface area (Å²) in [5, 5.41) is 10.8. The molecule has 0 saturated heterocycles. The molecule has 3 aromatic rings. The summed E-state index contributed by atoms with van der Waals surface area (Å²) in [6.45, 7) is 1.60. The molecule has 0 fully saturated rings. The summed E-state index contributed by atoms with van der Waals surface area (Å²) in [7, 11) is -3.37. The normalized spacial score (nSPS) is 11.2. The molecule has 1 aromatic heterocycles. The molecule has 0 saturated carbocycles. The number of sulfone groups is 1. The maximum atomic E-state index is 12.5. The zero-order valence-corrected chi connectivity index (χ0v) is 15.7. The Bertz CT molecular complexity index is 1190. The molecule has 28 heavy (non-hydrogen) atoms. The molecule has 2 aromatic carbocycles. The van der Waals surface area contributed by atoms with Crippen molar-refractivity contribution in [3.8, 4) is 22.8 Å². The molecule has 0 atom stereocenters. The molecule has 0 N–H and O–H groups in total. The topological polar surface area (TPSA) is 117 Å². The van der Waals surface area contributed by atoms with Gasteiger partial charge >= 0.3 is 0 Å². The Labute approximate surface area is 160 Å². The van der Waals surface area contributed by atoms with Crippen molar-refractivity contribution in [3.05, 3.63) is 80.7 Å². The number of rotatable bonds is 5. The highest BCUT2D eigenvalue weighted by molar-refractivity contribution is 7.90. The lowest BCUT2D eigenvalue weighted by molar-refractivity contribution is -0.384. The van der Waals surface area contributed by atoms with Crippen LogP contribution in [0.3, 0.4) is 0 Å². The highest BCUT2D eigenvalue weighted by atomic mass is 32.2. The van der Waals surface area contributed by atoms with Crippen molar-refractivity contribution in [2.45, 2.75) is 11.8 Å². The van der Waals surface area contributed by atoms with E-state index >= 15 is 0 Å². The molecule has 144 valence electrons. The lowest BCUT2D eigenvalue weighted by Crippen LogP contribution is -2.06. The van der Waals surface area contributed by atoms with E-state index in [1.165, 1.54) is 54.6 Å². The molecule has 3 rings (SSSR count). The molecular formula is C19H15NO7S. The third kappa shape index (κ3) is 4.09. The van der Waals surface area contributed by atoms with Gasteiger partial charge in [0.2, 0.25) is 11.2 Å². The maximum Gasteiger partial charge on any atom is 0.269 e. The number of nitrogens with zero attached hydrogens (tertiary/aromatic N) is 1. The second-order valence-corrected chi connectivity index (χ2v) is 8.04. The Balaban J connectivity index is 2.05. The first-order valence-corrected chi connectivity index (χ1v) is 9.92. The number of hydrogen-bond acceptors (Lipinski definition) is 7. The molecule has 0 aliphatic carbocycles. The van der Waals surface area contributed by atoms with Gasteiger partial charge in [0.15, 0.2) is 15.6 Å². The van der Waals surface area contributed by atoms with Gasteiger partial charge < -0.3 is 9.15 Å². The summed E-state index contributed by atoms with van der Waals surface area (Å²) in [5.74, 6) is 0.592. The number of benzene rings is 2. The molecule has 8 nitrogen and oxygen atoms in total. The predicted molar refractivity (Wildman–Crippen MR) is 101 cm³/mol. The molecule has 0 radical (unpaired) electrons. The van der Waals surface area contributed by atoms with E-state index in [4.69, 9.17) is 9.15 Å². The van der Waals surface area contributed by atoms with Gasteiger partial charge in [-0.05, 0) is 43.3 Å². The first-order chi connectivity index (χ1) is 13.1. The van der Waals surface area contributed by atoms with Gasteiger partial charge in [0.05, 0.1) is 9.82 Å². The number of nitro benzene ring substituents is 1. The number of non-ortho nitro benzene ring substituents is 1. The third-order valence-electron chi connectivity index (χ3n) is 3.84. The molecule has 0 bridgehead atoms. The van der Waals surface area contributed by atoms with E-state index in [2.05, 4.69) is 0 Å². The fourth-order valence-electron chi connectivity index (χ4n) is 2.49. The van der Waals surface area contributed by atoms with Crippen molar-refractivity contribution in [2.75, 3.05) is 6.26 Å². The minimum atomic E-state index is -3.37. The maximum absolute atomic E-state index is 12.5. The van der Waals surface area contributed by atoms with Crippen molar-refractivity contribution in [3.63, 3.8) is 0 Å². The molecule has 0 spiro atoms. The van der Waals surface area contributed by atoms with Crippen LogP contribution < -0.4 is 10.2 Å². The van der Waals surface area contributed by atoms with E-state index in [1.54, 1.807) is 6.92 Å². The highest BCUT2D eigenvalue weighted by Gasteiger charge is 2.17. The van der Waals surface area contributed by atoms with Gasteiger partial charge in [-0.3, -0.25) is 14.9 Å². The fraction of sp³-hybridized carbons (Fsp3) is 0.105. The monoisotopic (exact) mass is 401 g/mol. The Morgan fingerprint density at radius 3 is 2.18 bits per heavy atom. The summed E-state index contributed by atoms with van der Waals surface area (Å²) in [5.41, 5.74) is -0.103. The quantitative estimate of drug-likeness (QED) is 0.472. The van der Waals surface area contributed by atoms with Crippen LogP contribution in [0.15, 0.2) is 68.7 Å². The zero-order chi connectivity index (χ0) is 20.5. The van der Waals surface area contributed by atoms with Crippen LogP contribution in [-0.4, -0.2) is 19.6 Å². The Hall–Kier alpha value is -3.46. The highest BCUT2D eigenvalue weighted by Crippen LogP contribution is 2.32. The molecule has 1 heterocycles. The van der Waals surface area contributed by atoms with E-state index in [0.717, 1.165) is 6.26 Å². The van der Waals surface area contributed by atoms with Crippen LogP contribution in [0.4, 0.5) is 5.69 Å². The minimum absolute atomic E-state index is 0.105. The summed E-state index contributed by atoms with van der Waals surface area (Å²) in [6.07, 6.45) is 1.10. The number of aryl methyl sites for hydroxylation is 1. The zero-order valence-electron chi connectivity index (χ0n) is 14.9. The van der Waals surface area contributed by atoms with Gasteiger partial charge in [0, 0.05) is 30.0 Å². The van der Waals surface area contributed by atoms with Crippen molar-refractivity contribution in [1.29, 1.82) is 0 Å². The summed E-state index contributed by atoms with van der Waals surface area (Å²) in [6, 6.07) is 12.3. The largest absolute Gasteiger partial charge is 0.457 e. The standard InChI is InChI=1S/C19H15NO7S/c1-12-11-17(21)19(27-15-7-5-14(6-8-15)20(22)23)18(26-12)13-3-9-16(10-4-13)28(2,24)25/h3-11H,1-2H3. The van der Waals surface area contributed by atoms with E-state index in [9.17, 15) is 23.3 Å². The first kappa shape index (κ1) is 19.3. The average Bonchev–Trinajstić information content (AvgIpc) is 2.63. The third-order valence-corrected chi connectivity index (χ3v) is 4.97. The summed E-state index contributed by atoms with van der Waals surface area (Å²) in [4.78, 5) is 22.8. The van der Waals surface area contributed by atoms with Gasteiger partial charge in [-0.2, -0.15) is 0 Å². The molecular weight excluding hydrogens is 386 g/mol. The van der Waals surface area contributed by atoms with Gasteiger partial charge in [0.25, 0.3) is 5.69 Å². The van der Waals surface area contributed by atoms with Crippen LogP contribution in [0.5, 0.6) is 11.5 Å². The Kier molecular flexibility index (Phi) is 5.02. The van der Waals surface area contributed by atoms with Gasteiger partial charge in [-0.15, -0.1) is 0 Å². The van der Waals surface area contributed by atoms with E-state index < -0.39 is 20.2 Å². The molecule has 0 unspecified atom stereocenters. The molecule has 0 amide bonds. The lowest BCUT2D eigenvalue weighted by atomic mass is 10.1. The van der Waals surface area contributed by atoms with Gasteiger partial charge in [0.1, 0.15) is 11.5 Å². The van der Waals surface area contributed by atoms with Gasteiger partial charge in [-0.1, -0.05) is 0 Å². The molecule has 9 heteroatoms. The predicted octanol–water partition coefficient (Wildman–Crippen LogP) is 3.72. The second kappa shape index (κ2) is 7.28. The minimum Gasteiger partial charge on any atom is -0.457 e. The lowest BCUT2D eigenvalue weighted by Gasteiger charge is -2.11. The number of ether oxygens (including phenoxy) is 1.